The number of piperidine rings is 1. The average Bonchev–Trinajstić information content (AvgIpc) is 2.86. The number of hydrogen-bond acceptors (Lipinski definition) is 3. The number of halogens is 1. The van der Waals surface area contributed by atoms with Crippen LogP contribution in [0.4, 0.5) is 4.39 Å². The van der Waals surface area contributed by atoms with Crippen LogP contribution in [0.2, 0.25) is 0 Å². The summed E-state index contributed by atoms with van der Waals surface area (Å²) in [4.78, 5) is 2.15. The van der Waals surface area contributed by atoms with Gasteiger partial charge in [0.2, 0.25) is 0 Å². The molecule has 0 bridgehead atoms. The van der Waals surface area contributed by atoms with E-state index in [-0.39, 0.29) is 11.9 Å². The highest BCUT2D eigenvalue weighted by Gasteiger charge is 2.36. The molecule has 1 saturated heterocycles. The topological polar surface area (TPSA) is 32.7 Å². The third-order valence-electron chi connectivity index (χ3n) is 6.34. The maximum absolute atomic E-state index is 13.5. The van der Waals surface area contributed by atoms with E-state index in [0.717, 1.165) is 42.6 Å². The first-order valence-corrected chi connectivity index (χ1v) is 11.6. The second-order valence-corrected chi connectivity index (χ2v) is 8.55. The Labute approximate surface area is 190 Å². The highest BCUT2D eigenvalue weighted by molar-refractivity contribution is 5.30. The normalized spacial score (nSPS) is 16.7. The Morgan fingerprint density at radius 2 is 1.38 bits per heavy atom. The fourth-order valence-corrected chi connectivity index (χ4v) is 4.63. The standard InChI is InChI=1S/C28H32FNO2/c29-26-17-15-25(16-18-26)28(31,30-20-8-3-9-21-30)19-10-22-32-27(23-11-4-1-5-12-23)24-13-6-2-7-14-24/h1-2,4-7,11-18,27,31H,3,8-10,19-22H2. The number of likely N-dealkylation sites (tertiary alicyclic amines) is 1. The van der Waals surface area contributed by atoms with E-state index in [9.17, 15) is 9.50 Å². The summed E-state index contributed by atoms with van der Waals surface area (Å²) >= 11 is 0. The molecule has 0 aliphatic carbocycles. The molecular formula is C28H32FNO2. The van der Waals surface area contributed by atoms with Crippen molar-refractivity contribution in [3.8, 4) is 0 Å². The van der Waals surface area contributed by atoms with Gasteiger partial charge in [-0.3, -0.25) is 4.90 Å². The lowest BCUT2D eigenvalue weighted by Gasteiger charge is -2.42. The van der Waals surface area contributed by atoms with Crippen molar-refractivity contribution in [2.75, 3.05) is 19.7 Å². The molecule has 0 aromatic heterocycles. The third-order valence-corrected chi connectivity index (χ3v) is 6.34. The molecule has 168 valence electrons. The maximum atomic E-state index is 13.5. The number of aliphatic hydroxyl groups is 1. The van der Waals surface area contributed by atoms with Crippen LogP contribution in [0.3, 0.4) is 0 Å². The zero-order valence-electron chi connectivity index (χ0n) is 18.5. The van der Waals surface area contributed by atoms with E-state index >= 15 is 0 Å². The molecular weight excluding hydrogens is 401 g/mol. The molecule has 3 aromatic carbocycles. The van der Waals surface area contributed by atoms with Gasteiger partial charge < -0.3 is 9.84 Å². The van der Waals surface area contributed by atoms with E-state index in [1.807, 2.05) is 36.4 Å². The first-order valence-electron chi connectivity index (χ1n) is 11.6. The highest BCUT2D eigenvalue weighted by atomic mass is 19.1. The van der Waals surface area contributed by atoms with Crippen LogP contribution in [0.5, 0.6) is 0 Å². The summed E-state index contributed by atoms with van der Waals surface area (Å²) in [7, 11) is 0. The van der Waals surface area contributed by atoms with Crippen LogP contribution in [-0.4, -0.2) is 29.7 Å². The van der Waals surface area contributed by atoms with E-state index in [4.69, 9.17) is 4.74 Å². The molecule has 3 aromatic rings. The summed E-state index contributed by atoms with van der Waals surface area (Å²) in [5.74, 6) is -0.286. The Morgan fingerprint density at radius 3 is 1.94 bits per heavy atom. The molecule has 32 heavy (non-hydrogen) atoms. The van der Waals surface area contributed by atoms with Crippen LogP contribution in [-0.2, 0) is 10.5 Å². The van der Waals surface area contributed by atoms with Crippen molar-refractivity contribution in [2.24, 2.45) is 0 Å². The lowest BCUT2D eigenvalue weighted by atomic mass is 9.93. The minimum atomic E-state index is -1.10. The van der Waals surface area contributed by atoms with Gasteiger partial charge in [0.15, 0.2) is 0 Å². The first kappa shape index (κ1) is 22.7. The molecule has 1 fully saturated rings. The molecule has 0 saturated carbocycles. The van der Waals surface area contributed by atoms with E-state index in [1.54, 1.807) is 12.1 Å². The van der Waals surface area contributed by atoms with Gasteiger partial charge in [-0.15, -0.1) is 0 Å². The predicted octanol–water partition coefficient (Wildman–Crippen LogP) is 6.04. The van der Waals surface area contributed by atoms with Crippen LogP contribution in [0, 0.1) is 5.82 Å². The Morgan fingerprint density at radius 1 is 0.812 bits per heavy atom. The van der Waals surface area contributed by atoms with Gasteiger partial charge >= 0.3 is 0 Å². The minimum absolute atomic E-state index is 0.147. The molecule has 4 rings (SSSR count). The first-order chi connectivity index (χ1) is 15.7. The number of hydrogen-bond donors (Lipinski definition) is 1. The van der Waals surface area contributed by atoms with Gasteiger partial charge in [0, 0.05) is 19.7 Å². The zero-order chi connectivity index (χ0) is 22.2. The van der Waals surface area contributed by atoms with E-state index in [1.165, 1.54) is 18.6 Å². The minimum Gasteiger partial charge on any atom is -0.371 e. The van der Waals surface area contributed by atoms with Crippen molar-refractivity contribution in [1.29, 1.82) is 0 Å². The van der Waals surface area contributed by atoms with Gasteiger partial charge in [-0.25, -0.2) is 4.39 Å². The monoisotopic (exact) mass is 433 g/mol. The fourth-order valence-electron chi connectivity index (χ4n) is 4.63. The number of nitrogens with zero attached hydrogens (tertiary/aromatic N) is 1. The van der Waals surface area contributed by atoms with Crippen molar-refractivity contribution >= 4 is 0 Å². The number of rotatable bonds is 9. The maximum Gasteiger partial charge on any atom is 0.144 e. The van der Waals surface area contributed by atoms with Crippen LogP contribution in [0.1, 0.15) is 54.9 Å². The number of ether oxygens (including phenoxy) is 1. The van der Waals surface area contributed by atoms with Crippen LogP contribution in [0.25, 0.3) is 0 Å². The Bertz CT molecular complexity index is 903. The van der Waals surface area contributed by atoms with Gasteiger partial charge in [-0.2, -0.15) is 0 Å². The summed E-state index contributed by atoms with van der Waals surface area (Å²) < 4.78 is 19.9. The molecule has 1 N–H and O–H groups in total. The molecule has 0 radical (unpaired) electrons. The largest absolute Gasteiger partial charge is 0.371 e. The van der Waals surface area contributed by atoms with Crippen molar-refractivity contribution < 1.29 is 14.2 Å². The summed E-state index contributed by atoms with van der Waals surface area (Å²) in [6.07, 6.45) is 4.42. The molecule has 0 spiro atoms. The molecule has 1 unspecified atom stereocenters. The summed E-state index contributed by atoms with van der Waals surface area (Å²) in [6, 6.07) is 26.7. The molecule has 1 heterocycles. The number of benzene rings is 3. The molecule has 3 nitrogen and oxygen atoms in total. The van der Waals surface area contributed by atoms with E-state index in [2.05, 4.69) is 29.2 Å². The quantitative estimate of drug-likeness (QED) is 0.418. The molecule has 1 aliphatic rings. The molecule has 0 amide bonds. The van der Waals surface area contributed by atoms with Crippen LogP contribution >= 0.6 is 0 Å². The van der Waals surface area contributed by atoms with Gasteiger partial charge in [-0.1, -0.05) is 79.2 Å². The molecule has 1 atom stereocenters. The second kappa shape index (κ2) is 10.9. The highest BCUT2D eigenvalue weighted by Crippen LogP contribution is 2.34. The summed E-state index contributed by atoms with van der Waals surface area (Å²) in [5, 5.41) is 11.7. The summed E-state index contributed by atoms with van der Waals surface area (Å²) in [5.41, 5.74) is 1.88. The SMILES string of the molecule is OC(CCCOC(c1ccccc1)c1ccccc1)(c1ccc(F)cc1)N1CCCCC1. The lowest BCUT2D eigenvalue weighted by Crippen LogP contribution is -2.48. The fraction of sp³-hybridized carbons (Fsp3) is 0.357. The lowest BCUT2D eigenvalue weighted by molar-refractivity contribution is -0.133. The van der Waals surface area contributed by atoms with Crippen LogP contribution < -0.4 is 0 Å². The van der Waals surface area contributed by atoms with Gasteiger partial charge in [0.25, 0.3) is 0 Å². The van der Waals surface area contributed by atoms with Crippen molar-refractivity contribution in [2.45, 2.75) is 43.9 Å². The van der Waals surface area contributed by atoms with Crippen molar-refractivity contribution in [1.82, 2.24) is 4.90 Å². The Kier molecular flexibility index (Phi) is 7.69. The smallest absolute Gasteiger partial charge is 0.144 e. The Hall–Kier alpha value is -2.53. The third kappa shape index (κ3) is 5.44. The average molecular weight is 434 g/mol. The van der Waals surface area contributed by atoms with Crippen molar-refractivity contribution in [3.05, 3.63) is 107 Å². The predicted molar refractivity (Wildman–Crippen MR) is 126 cm³/mol. The van der Waals surface area contributed by atoms with E-state index < -0.39 is 5.72 Å². The van der Waals surface area contributed by atoms with Gasteiger partial charge in [0.1, 0.15) is 17.6 Å². The molecule has 1 aliphatic heterocycles. The van der Waals surface area contributed by atoms with Gasteiger partial charge in [0.05, 0.1) is 0 Å². The van der Waals surface area contributed by atoms with Gasteiger partial charge in [-0.05, 0) is 54.5 Å². The summed E-state index contributed by atoms with van der Waals surface area (Å²) in [6.45, 7) is 2.22. The Balaban J connectivity index is 1.46. The zero-order valence-corrected chi connectivity index (χ0v) is 18.5. The molecule has 4 heteroatoms. The second-order valence-electron chi connectivity index (χ2n) is 8.55. The van der Waals surface area contributed by atoms with Crippen LogP contribution in [0.15, 0.2) is 84.9 Å². The van der Waals surface area contributed by atoms with E-state index in [0.29, 0.717) is 19.4 Å². The van der Waals surface area contributed by atoms with Crippen molar-refractivity contribution in [3.63, 3.8) is 0 Å².